The highest BCUT2D eigenvalue weighted by Gasteiger charge is 2.23. The summed E-state index contributed by atoms with van der Waals surface area (Å²) in [6.45, 7) is 7.01. The molecule has 1 amide bonds. The molecule has 1 fully saturated rings. The van der Waals surface area contributed by atoms with Crippen molar-refractivity contribution in [2.75, 3.05) is 44.3 Å². The maximum absolute atomic E-state index is 13.4. The van der Waals surface area contributed by atoms with Crippen LogP contribution >= 0.6 is 22.9 Å². The number of aromatic nitrogens is 1. The lowest BCUT2D eigenvalue weighted by Gasteiger charge is -2.27. The molecule has 0 spiro atoms. The molecule has 0 aliphatic carbocycles. The third kappa shape index (κ3) is 4.61. The van der Waals surface area contributed by atoms with E-state index in [1.165, 1.54) is 0 Å². The van der Waals surface area contributed by atoms with E-state index in [1.807, 2.05) is 31.2 Å². The van der Waals surface area contributed by atoms with Crippen LogP contribution in [0.15, 0.2) is 42.5 Å². The summed E-state index contributed by atoms with van der Waals surface area (Å²) in [5.74, 6) is -0.103. The summed E-state index contributed by atoms with van der Waals surface area (Å²) in [6, 6.07) is 13.3. The van der Waals surface area contributed by atoms with Crippen molar-refractivity contribution in [1.29, 1.82) is 0 Å². The van der Waals surface area contributed by atoms with E-state index < -0.39 is 0 Å². The Morgan fingerprint density at radius 3 is 2.76 bits per heavy atom. The van der Waals surface area contributed by atoms with Crippen LogP contribution in [0.5, 0.6) is 0 Å². The highest BCUT2D eigenvalue weighted by Crippen LogP contribution is 2.32. The minimum Gasteiger partial charge on any atom is -0.379 e. The van der Waals surface area contributed by atoms with E-state index in [4.69, 9.17) is 21.3 Å². The number of ether oxygens (including phenoxy) is 1. The first-order valence-corrected chi connectivity index (χ1v) is 11.1. The second-order valence-corrected chi connectivity index (χ2v) is 8.58. The van der Waals surface area contributed by atoms with Crippen LogP contribution in [0.25, 0.3) is 10.2 Å². The molecule has 0 N–H and O–H groups in total. The summed E-state index contributed by atoms with van der Waals surface area (Å²) in [6.07, 6.45) is 0.866. The largest absolute Gasteiger partial charge is 0.379 e. The molecule has 4 rings (SSSR count). The lowest BCUT2D eigenvalue weighted by atomic mass is 10.2. The van der Waals surface area contributed by atoms with Gasteiger partial charge in [0.1, 0.15) is 0 Å². The SMILES string of the molecule is Cc1cccc2sc(N(CCCN3CCOCC3)C(=O)c3ccccc3Cl)nc12. The number of carbonyl (C=O) groups excluding carboxylic acids is 1. The predicted octanol–water partition coefficient (Wildman–Crippen LogP) is 4.63. The maximum atomic E-state index is 13.4. The topological polar surface area (TPSA) is 45.7 Å². The van der Waals surface area contributed by atoms with Crippen molar-refractivity contribution in [2.24, 2.45) is 0 Å². The lowest BCUT2D eigenvalue weighted by molar-refractivity contribution is 0.0376. The van der Waals surface area contributed by atoms with Crippen LogP contribution in [0.1, 0.15) is 22.3 Å². The van der Waals surface area contributed by atoms with E-state index in [9.17, 15) is 4.79 Å². The van der Waals surface area contributed by atoms with Gasteiger partial charge in [-0.15, -0.1) is 0 Å². The lowest BCUT2D eigenvalue weighted by Crippen LogP contribution is -2.39. The summed E-state index contributed by atoms with van der Waals surface area (Å²) < 4.78 is 6.51. The number of benzene rings is 2. The average molecular weight is 430 g/mol. The number of hydrogen-bond donors (Lipinski definition) is 0. The van der Waals surface area contributed by atoms with Crippen LogP contribution in [-0.4, -0.2) is 55.2 Å². The fourth-order valence-corrected chi connectivity index (χ4v) is 4.82. The van der Waals surface area contributed by atoms with Crippen LogP contribution in [0, 0.1) is 6.92 Å². The molecule has 5 nitrogen and oxygen atoms in total. The number of hydrogen-bond acceptors (Lipinski definition) is 5. The number of nitrogens with zero attached hydrogens (tertiary/aromatic N) is 3. The number of morpholine rings is 1. The van der Waals surface area contributed by atoms with Crippen molar-refractivity contribution in [2.45, 2.75) is 13.3 Å². The molecule has 1 aliphatic rings. The molecule has 7 heteroatoms. The van der Waals surface area contributed by atoms with Crippen molar-refractivity contribution in [3.63, 3.8) is 0 Å². The zero-order valence-corrected chi connectivity index (χ0v) is 18.0. The number of fused-ring (bicyclic) bond motifs is 1. The molecule has 0 atom stereocenters. The van der Waals surface area contributed by atoms with Gasteiger partial charge < -0.3 is 4.74 Å². The van der Waals surface area contributed by atoms with Gasteiger partial charge in [-0.1, -0.05) is 47.2 Å². The smallest absolute Gasteiger partial charge is 0.261 e. The van der Waals surface area contributed by atoms with Crippen molar-refractivity contribution in [3.05, 3.63) is 58.6 Å². The zero-order valence-electron chi connectivity index (χ0n) is 16.4. The van der Waals surface area contributed by atoms with Gasteiger partial charge >= 0.3 is 0 Å². The second kappa shape index (κ2) is 9.22. The third-order valence-corrected chi connectivity index (χ3v) is 6.52. The first kappa shape index (κ1) is 20.3. The molecular weight excluding hydrogens is 406 g/mol. The molecule has 0 saturated carbocycles. The number of halogens is 1. The Morgan fingerprint density at radius 1 is 1.21 bits per heavy atom. The molecule has 152 valence electrons. The van der Waals surface area contributed by atoms with Crippen molar-refractivity contribution in [3.8, 4) is 0 Å². The standard InChI is InChI=1S/C22H24ClN3O2S/c1-16-6-4-9-19-20(16)24-22(29-19)26(11-5-10-25-12-14-28-15-13-25)21(27)17-7-2-3-8-18(17)23/h2-4,6-9H,5,10-15H2,1H3. The highest BCUT2D eigenvalue weighted by molar-refractivity contribution is 7.22. The molecule has 1 aromatic heterocycles. The Morgan fingerprint density at radius 2 is 2.00 bits per heavy atom. The summed E-state index contributed by atoms with van der Waals surface area (Å²) in [5, 5.41) is 1.19. The Bertz CT molecular complexity index is 1000. The van der Waals surface area contributed by atoms with Crippen molar-refractivity contribution < 1.29 is 9.53 Å². The second-order valence-electron chi connectivity index (χ2n) is 7.16. The zero-order chi connectivity index (χ0) is 20.2. The summed E-state index contributed by atoms with van der Waals surface area (Å²) in [7, 11) is 0. The van der Waals surface area contributed by atoms with Crippen molar-refractivity contribution in [1.82, 2.24) is 9.88 Å². The van der Waals surface area contributed by atoms with Crippen LogP contribution < -0.4 is 4.90 Å². The van der Waals surface area contributed by atoms with E-state index in [1.54, 1.807) is 28.4 Å². The highest BCUT2D eigenvalue weighted by atomic mass is 35.5. The van der Waals surface area contributed by atoms with Gasteiger partial charge in [-0.2, -0.15) is 0 Å². The van der Waals surface area contributed by atoms with Crippen LogP contribution in [-0.2, 0) is 4.74 Å². The summed E-state index contributed by atoms with van der Waals surface area (Å²) in [4.78, 5) is 22.3. The Hall–Kier alpha value is -1.99. The van der Waals surface area contributed by atoms with E-state index in [2.05, 4.69) is 11.0 Å². The van der Waals surface area contributed by atoms with Gasteiger partial charge in [-0.25, -0.2) is 4.98 Å². The number of thiazole rings is 1. The normalized spacial score (nSPS) is 15.0. The van der Waals surface area contributed by atoms with E-state index >= 15 is 0 Å². The molecule has 0 radical (unpaired) electrons. The summed E-state index contributed by atoms with van der Waals surface area (Å²) >= 11 is 7.88. The number of para-hydroxylation sites is 1. The van der Waals surface area contributed by atoms with Crippen LogP contribution in [0.3, 0.4) is 0 Å². The Balaban J connectivity index is 1.59. The van der Waals surface area contributed by atoms with Gasteiger partial charge in [0.2, 0.25) is 0 Å². The molecule has 2 heterocycles. The van der Waals surface area contributed by atoms with Crippen LogP contribution in [0.4, 0.5) is 5.13 Å². The van der Waals surface area contributed by atoms with Gasteiger partial charge in [0, 0.05) is 26.2 Å². The molecule has 0 unspecified atom stereocenters. The number of amides is 1. The van der Waals surface area contributed by atoms with E-state index in [0.717, 1.165) is 60.2 Å². The molecule has 3 aromatic rings. The van der Waals surface area contributed by atoms with Gasteiger partial charge in [0.25, 0.3) is 5.91 Å². The first-order valence-electron chi connectivity index (χ1n) is 9.86. The summed E-state index contributed by atoms with van der Waals surface area (Å²) in [5.41, 5.74) is 2.58. The van der Waals surface area contributed by atoms with E-state index in [0.29, 0.717) is 17.1 Å². The minimum atomic E-state index is -0.103. The fourth-order valence-electron chi connectivity index (χ4n) is 3.53. The average Bonchev–Trinajstić information content (AvgIpc) is 3.17. The quantitative estimate of drug-likeness (QED) is 0.573. The van der Waals surface area contributed by atoms with Gasteiger partial charge in [-0.3, -0.25) is 14.6 Å². The van der Waals surface area contributed by atoms with E-state index in [-0.39, 0.29) is 5.91 Å². The molecule has 1 aliphatic heterocycles. The molecule has 29 heavy (non-hydrogen) atoms. The predicted molar refractivity (Wildman–Crippen MR) is 119 cm³/mol. The number of anilines is 1. The maximum Gasteiger partial charge on any atom is 0.261 e. The van der Waals surface area contributed by atoms with Gasteiger partial charge in [0.15, 0.2) is 5.13 Å². The molecule has 0 bridgehead atoms. The van der Waals surface area contributed by atoms with Gasteiger partial charge in [0.05, 0.1) is 34.0 Å². The number of rotatable bonds is 6. The van der Waals surface area contributed by atoms with Crippen LogP contribution in [0.2, 0.25) is 5.02 Å². The molecule has 1 saturated heterocycles. The Kier molecular flexibility index (Phi) is 6.45. The van der Waals surface area contributed by atoms with Crippen molar-refractivity contribution >= 4 is 44.2 Å². The van der Waals surface area contributed by atoms with Gasteiger partial charge in [-0.05, 0) is 37.1 Å². The monoisotopic (exact) mass is 429 g/mol. The molecular formula is C22H24ClN3O2S. The minimum absolute atomic E-state index is 0.103. The third-order valence-electron chi connectivity index (χ3n) is 5.15. The Labute approximate surface area is 179 Å². The first-order chi connectivity index (χ1) is 14.1. The number of carbonyl (C=O) groups is 1. The number of aryl methyl sites for hydroxylation is 1. The molecule has 2 aromatic carbocycles. The fraction of sp³-hybridized carbons (Fsp3) is 0.364.